The fourth-order valence-corrected chi connectivity index (χ4v) is 5.37. The summed E-state index contributed by atoms with van der Waals surface area (Å²) in [6.45, 7) is 1.25. The summed E-state index contributed by atoms with van der Waals surface area (Å²) in [5, 5.41) is 3.46. The predicted octanol–water partition coefficient (Wildman–Crippen LogP) is 6.22. The highest BCUT2D eigenvalue weighted by Crippen LogP contribution is 2.40. The number of para-hydroxylation sites is 1. The summed E-state index contributed by atoms with van der Waals surface area (Å²) < 4.78 is 69.2. The smallest absolute Gasteiger partial charge is 0.253 e. The molecule has 0 saturated carbocycles. The highest BCUT2D eigenvalue weighted by atomic mass is 19.2. The first-order valence-electron chi connectivity index (χ1n) is 12.3. The van der Waals surface area contributed by atoms with Crippen LogP contribution in [0.2, 0.25) is 0 Å². The van der Waals surface area contributed by atoms with Crippen LogP contribution in [0, 0.1) is 23.3 Å². The Bertz CT molecular complexity index is 1570. The number of pyridine rings is 1. The maximum absolute atomic E-state index is 15.1. The number of hydrogen-bond donors (Lipinski definition) is 1. The van der Waals surface area contributed by atoms with Crippen molar-refractivity contribution in [3.05, 3.63) is 94.7 Å². The predicted molar refractivity (Wildman–Crippen MR) is 132 cm³/mol. The van der Waals surface area contributed by atoms with Crippen molar-refractivity contribution in [2.45, 2.75) is 24.8 Å². The van der Waals surface area contributed by atoms with Gasteiger partial charge in [0.2, 0.25) is 0 Å². The molecule has 4 aromatic rings. The van der Waals surface area contributed by atoms with Crippen LogP contribution in [0.25, 0.3) is 22.0 Å². The highest BCUT2D eigenvalue weighted by Gasteiger charge is 2.30. The van der Waals surface area contributed by atoms with Gasteiger partial charge in [-0.15, -0.1) is 0 Å². The van der Waals surface area contributed by atoms with Gasteiger partial charge in [-0.1, -0.05) is 18.2 Å². The number of rotatable bonds is 4. The first-order valence-corrected chi connectivity index (χ1v) is 12.3. The number of fused-ring (bicyclic) bond motifs is 2. The summed E-state index contributed by atoms with van der Waals surface area (Å²) in [6.07, 6.45) is 2.49. The van der Waals surface area contributed by atoms with Gasteiger partial charge in [-0.2, -0.15) is 0 Å². The van der Waals surface area contributed by atoms with Crippen LogP contribution < -0.4 is 10.1 Å². The summed E-state index contributed by atoms with van der Waals surface area (Å²) in [7, 11) is 0. The number of ether oxygens (including phenoxy) is 2. The highest BCUT2D eigenvalue weighted by molar-refractivity contribution is 6.04. The van der Waals surface area contributed by atoms with E-state index in [0.29, 0.717) is 55.4 Å². The standard InChI is InChI=1S/C29H22F4N2O3/c30-16-11-19(27(33)22(32)12-16)26-21(31)6-5-18-25(15-7-9-37-14-15)20(13-34-28(18)26)29(36)35-23-8-10-38-24-4-2-1-3-17(23)24/h1-6,11-13,15,23H,7-10,14H2,(H,35,36)/t15?,23-/m0/s1. The second-order valence-corrected chi connectivity index (χ2v) is 9.41. The number of carbonyl (C=O) groups is 1. The van der Waals surface area contributed by atoms with Gasteiger partial charge in [0.05, 0.1) is 30.3 Å². The number of hydrogen-bond acceptors (Lipinski definition) is 4. The van der Waals surface area contributed by atoms with Gasteiger partial charge in [-0.25, -0.2) is 17.6 Å². The quantitative estimate of drug-likeness (QED) is 0.256. The van der Waals surface area contributed by atoms with Gasteiger partial charge in [-0.05, 0) is 36.2 Å². The molecule has 1 N–H and O–H groups in total. The average Bonchev–Trinajstić information content (AvgIpc) is 3.45. The average molecular weight is 522 g/mol. The minimum absolute atomic E-state index is 0.00348. The first kappa shape index (κ1) is 24.4. The van der Waals surface area contributed by atoms with E-state index in [2.05, 4.69) is 10.3 Å². The van der Waals surface area contributed by atoms with E-state index < -0.39 is 28.8 Å². The van der Waals surface area contributed by atoms with Crippen LogP contribution in [-0.2, 0) is 4.74 Å². The molecule has 2 aliphatic heterocycles. The minimum Gasteiger partial charge on any atom is -0.493 e. The molecule has 1 saturated heterocycles. The van der Waals surface area contributed by atoms with Gasteiger partial charge in [0.1, 0.15) is 17.4 Å². The van der Waals surface area contributed by atoms with Crippen LogP contribution in [0.4, 0.5) is 17.6 Å². The van der Waals surface area contributed by atoms with Crippen molar-refractivity contribution in [2.75, 3.05) is 19.8 Å². The van der Waals surface area contributed by atoms with E-state index in [1.165, 1.54) is 12.3 Å². The van der Waals surface area contributed by atoms with Gasteiger partial charge in [-0.3, -0.25) is 9.78 Å². The van der Waals surface area contributed by atoms with Crippen LogP contribution in [-0.4, -0.2) is 30.7 Å². The number of aromatic nitrogens is 1. The molecule has 9 heteroatoms. The molecule has 194 valence electrons. The molecular weight excluding hydrogens is 500 g/mol. The molecule has 38 heavy (non-hydrogen) atoms. The topological polar surface area (TPSA) is 60.5 Å². The van der Waals surface area contributed by atoms with Crippen molar-refractivity contribution in [1.29, 1.82) is 0 Å². The zero-order valence-electron chi connectivity index (χ0n) is 20.1. The first-order chi connectivity index (χ1) is 18.4. The summed E-state index contributed by atoms with van der Waals surface area (Å²) in [6, 6.07) is 10.9. The third-order valence-corrected chi connectivity index (χ3v) is 7.14. The molecule has 3 heterocycles. The van der Waals surface area contributed by atoms with Crippen LogP contribution in [0.3, 0.4) is 0 Å². The molecule has 1 amide bonds. The SMILES string of the molecule is O=C(N[C@H]1CCOc2ccccc21)c1cnc2c(-c3cc(F)cc(F)c3F)c(F)ccc2c1C1CCOC1. The molecule has 3 aromatic carbocycles. The summed E-state index contributed by atoms with van der Waals surface area (Å²) in [5.74, 6) is -4.65. The Morgan fingerprint density at radius 2 is 1.82 bits per heavy atom. The molecule has 2 atom stereocenters. The summed E-state index contributed by atoms with van der Waals surface area (Å²) in [4.78, 5) is 18.0. The van der Waals surface area contributed by atoms with E-state index >= 15 is 4.39 Å². The Morgan fingerprint density at radius 3 is 2.63 bits per heavy atom. The van der Waals surface area contributed by atoms with E-state index in [1.807, 2.05) is 24.3 Å². The van der Waals surface area contributed by atoms with Crippen molar-refractivity contribution >= 4 is 16.8 Å². The Kier molecular flexibility index (Phi) is 6.23. The lowest BCUT2D eigenvalue weighted by Gasteiger charge is -2.27. The van der Waals surface area contributed by atoms with Crippen molar-refractivity contribution in [3.63, 3.8) is 0 Å². The molecule has 0 radical (unpaired) electrons. The molecule has 1 unspecified atom stereocenters. The number of halogens is 4. The largest absolute Gasteiger partial charge is 0.493 e. The van der Waals surface area contributed by atoms with Gasteiger partial charge >= 0.3 is 0 Å². The van der Waals surface area contributed by atoms with Gasteiger partial charge in [0.25, 0.3) is 5.91 Å². The number of amides is 1. The van der Waals surface area contributed by atoms with Crippen LogP contribution in [0.5, 0.6) is 5.75 Å². The number of nitrogens with one attached hydrogen (secondary N) is 1. The number of carbonyl (C=O) groups excluding carboxylic acids is 1. The van der Waals surface area contributed by atoms with Crippen LogP contribution >= 0.6 is 0 Å². The molecule has 2 aliphatic rings. The second kappa shape index (κ2) is 9.72. The maximum Gasteiger partial charge on any atom is 0.253 e. The Morgan fingerprint density at radius 1 is 0.974 bits per heavy atom. The zero-order chi connectivity index (χ0) is 26.4. The normalized spacial score (nSPS) is 18.7. The van der Waals surface area contributed by atoms with Crippen molar-refractivity contribution in [1.82, 2.24) is 10.3 Å². The number of nitrogens with zero attached hydrogens (tertiary/aromatic N) is 1. The fraction of sp³-hybridized carbons (Fsp3) is 0.241. The molecule has 0 bridgehead atoms. The van der Waals surface area contributed by atoms with Crippen molar-refractivity contribution < 1.29 is 31.8 Å². The molecule has 1 aromatic heterocycles. The molecule has 5 nitrogen and oxygen atoms in total. The van der Waals surface area contributed by atoms with Gasteiger partial charge in [0.15, 0.2) is 11.6 Å². The van der Waals surface area contributed by atoms with Crippen LogP contribution in [0.1, 0.15) is 46.3 Å². The summed E-state index contributed by atoms with van der Waals surface area (Å²) >= 11 is 0. The second-order valence-electron chi connectivity index (χ2n) is 9.41. The van der Waals surface area contributed by atoms with Crippen molar-refractivity contribution in [3.8, 4) is 16.9 Å². The molecule has 0 spiro atoms. The Hall–Kier alpha value is -3.98. The fourth-order valence-electron chi connectivity index (χ4n) is 5.37. The van der Waals surface area contributed by atoms with Gasteiger partial charge < -0.3 is 14.8 Å². The molecule has 1 fully saturated rings. The van der Waals surface area contributed by atoms with E-state index in [1.54, 1.807) is 0 Å². The molecular formula is C29H22F4N2O3. The third kappa shape index (κ3) is 4.16. The van der Waals surface area contributed by atoms with Gasteiger partial charge in [0, 0.05) is 53.3 Å². The number of benzene rings is 3. The Balaban J connectivity index is 1.49. The lowest BCUT2D eigenvalue weighted by Crippen LogP contribution is -2.33. The zero-order valence-corrected chi connectivity index (χ0v) is 20.1. The lowest BCUT2D eigenvalue weighted by atomic mass is 9.88. The lowest BCUT2D eigenvalue weighted by molar-refractivity contribution is 0.0923. The van der Waals surface area contributed by atoms with E-state index in [4.69, 9.17) is 9.47 Å². The van der Waals surface area contributed by atoms with Crippen LogP contribution in [0.15, 0.2) is 54.7 Å². The minimum atomic E-state index is -1.44. The van der Waals surface area contributed by atoms with E-state index in [9.17, 15) is 18.0 Å². The van der Waals surface area contributed by atoms with Crippen molar-refractivity contribution in [2.24, 2.45) is 0 Å². The summed E-state index contributed by atoms with van der Waals surface area (Å²) in [5.41, 5.74) is 0.763. The Labute approximate surface area is 215 Å². The maximum atomic E-state index is 15.1. The monoisotopic (exact) mass is 522 g/mol. The third-order valence-electron chi connectivity index (χ3n) is 7.14. The molecule has 0 aliphatic carbocycles. The molecule has 6 rings (SSSR count). The van der Waals surface area contributed by atoms with E-state index in [-0.39, 0.29) is 34.5 Å². The van der Waals surface area contributed by atoms with E-state index in [0.717, 1.165) is 17.7 Å².